The molecular weight excluding hydrogens is 272 g/mol. The van der Waals surface area contributed by atoms with Crippen molar-refractivity contribution in [2.24, 2.45) is 0 Å². The van der Waals surface area contributed by atoms with Crippen LogP contribution in [0.3, 0.4) is 0 Å². The zero-order valence-corrected chi connectivity index (χ0v) is 12.1. The summed E-state index contributed by atoms with van der Waals surface area (Å²) < 4.78 is 0. The van der Waals surface area contributed by atoms with E-state index in [-0.39, 0.29) is 6.61 Å². The van der Waals surface area contributed by atoms with Gasteiger partial charge in [-0.3, -0.25) is 9.88 Å². The Hall–Kier alpha value is -1.42. The predicted molar refractivity (Wildman–Crippen MR) is 81.5 cm³/mol. The van der Waals surface area contributed by atoms with Crippen molar-refractivity contribution in [3.63, 3.8) is 0 Å². The van der Waals surface area contributed by atoms with Crippen LogP contribution in [-0.2, 0) is 13.1 Å². The van der Waals surface area contributed by atoms with Gasteiger partial charge in [0.1, 0.15) is 0 Å². The predicted octanol–water partition coefficient (Wildman–Crippen LogP) is 3.12. The second-order valence-corrected chi connectivity index (χ2v) is 5.18. The van der Waals surface area contributed by atoms with Crippen LogP contribution in [0.5, 0.6) is 0 Å². The molecule has 2 rings (SSSR count). The van der Waals surface area contributed by atoms with Crippen molar-refractivity contribution >= 4 is 11.6 Å². The average Bonchev–Trinajstić information content (AvgIpc) is 2.46. The number of aromatic nitrogens is 1. The first-order valence-corrected chi connectivity index (χ1v) is 7.13. The van der Waals surface area contributed by atoms with E-state index in [4.69, 9.17) is 16.7 Å². The van der Waals surface area contributed by atoms with Crippen LogP contribution in [0.4, 0.5) is 0 Å². The topological polar surface area (TPSA) is 36.4 Å². The Morgan fingerprint density at radius 2 is 2.00 bits per heavy atom. The van der Waals surface area contributed by atoms with E-state index in [1.165, 1.54) is 5.56 Å². The third-order valence-corrected chi connectivity index (χ3v) is 3.27. The van der Waals surface area contributed by atoms with Gasteiger partial charge in [-0.15, -0.1) is 0 Å². The van der Waals surface area contributed by atoms with Gasteiger partial charge in [-0.1, -0.05) is 29.8 Å². The molecule has 0 aliphatic heterocycles. The van der Waals surface area contributed by atoms with Crippen molar-refractivity contribution in [1.82, 2.24) is 9.88 Å². The van der Waals surface area contributed by atoms with E-state index in [0.29, 0.717) is 0 Å². The lowest BCUT2D eigenvalue weighted by atomic mass is 10.2. The highest BCUT2D eigenvalue weighted by Crippen LogP contribution is 2.14. The first-order valence-electron chi connectivity index (χ1n) is 6.75. The molecule has 0 amide bonds. The number of aliphatic hydroxyl groups is 1. The summed E-state index contributed by atoms with van der Waals surface area (Å²) in [5.41, 5.74) is 2.21. The van der Waals surface area contributed by atoms with Crippen LogP contribution in [0.2, 0.25) is 5.02 Å². The van der Waals surface area contributed by atoms with Gasteiger partial charge in [0.15, 0.2) is 0 Å². The van der Waals surface area contributed by atoms with E-state index in [0.717, 1.165) is 36.8 Å². The number of pyridine rings is 1. The molecule has 4 heteroatoms. The first-order chi connectivity index (χ1) is 9.78. The van der Waals surface area contributed by atoms with Crippen molar-refractivity contribution in [2.45, 2.75) is 19.5 Å². The quantitative estimate of drug-likeness (QED) is 0.851. The summed E-state index contributed by atoms with van der Waals surface area (Å²) in [6.07, 6.45) is 2.56. The number of rotatable bonds is 7. The summed E-state index contributed by atoms with van der Waals surface area (Å²) in [7, 11) is 0. The molecule has 0 unspecified atom stereocenters. The van der Waals surface area contributed by atoms with E-state index < -0.39 is 0 Å². The van der Waals surface area contributed by atoms with Gasteiger partial charge in [0, 0.05) is 37.5 Å². The molecule has 0 radical (unpaired) electrons. The highest BCUT2D eigenvalue weighted by atomic mass is 35.5. The number of benzene rings is 1. The van der Waals surface area contributed by atoms with E-state index in [9.17, 15) is 0 Å². The van der Waals surface area contributed by atoms with Gasteiger partial charge in [0.25, 0.3) is 0 Å². The zero-order valence-electron chi connectivity index (χ0n) is 11.4. The Balaban J connectivity index is 2.03. The van der Waals surface area contributed by atoms with Crippen molar-refractivity contribution in [2.75, 3.05) is 13.2 Å². The van der Waals surface area contributed by atoms with E-state index in [1.54, 1.807) is 6.20 Å². The largest absolute Gasteiger partial charge is 0.396 e. The summed E-state index contributed by atoms with van der Waals surface area (Å²) in [6, 6.07) is 13.8. The minimum atomic E-state index is 0.203. The molecule has 106 valence electrons. The molecule has 0 aliphatic rings. The van der Waals surface area contributed by atoms with Crippen LogP contribution in [0, 0.1) is 0 Å². The summed E-state index contributed by atoms with van der Waals surface area (Å²) >= 11 is 6.02. The fourth-order valence-corrected chi connectivity index (χ4v) is 2.34. The van der Waals surface area contributed by atoms with Gasteiger partial charge in [-0.25, -0.2) is 0 Å². The fraction of sp³-hybridized carbons (Fsp3) is 0.312. The van der Waals surface area contributed by atoms with Crippen molar-refractivity contribution in [3.05, 3.63) is 64.9 Å². The number of nitrogens with zero attached hydrogens (tertiary/aromatic N) is 2. The second kappa shape index (κ2) is 8.00. The van der Waals surface area contributed by atoms with Gasteiger partial charge >= 0.3 is 0 Å². The van der Waals surface area contributed by atoms with Crippen molar-refractivity contribution in [1.29, 1.82) is 0 Å². The van der Waals surface area contributed by atoms with Crippen LogP contribution < -0.4 is 0 Å². The fourth-order valence-electron chi connectivity index (χ4n) is 2.12. The molecule has 20 heavy (non-hydrogen) atoms. The lowest BCUT2D eigenvalue weighted by Gasteiger charge is -2.21. The third kappa shape index (κ3) is 4.93. The van der Waals surface area contributed by atoms with Crippen LogP contribution in [0.1, 0.15) is 17.7 Å². The van der Waals surface area contributed by atoms with Gasteiger partial charge in [-0.2, -0.15) is 0 Å². The van der Waals surface area contributed by atoms with Crippen LogP contribution in [-0.4, -0.2) is 28.1 Å². The first kappa shape index (κ1) is 15.0. The van der Waals surface area contributed by atoms with Crippen molar-refractivity contribution < 1.29 is 5.11 Å². The molecule has 0 saturated heterocycles. The van der Waals surface area contributed by atoms with Crippen molar-refractivity contribution in [3.8, 4) is 0 Å². The van der Waals surface area contributed by atoms with Gasteiger partial charge < -0.3 is 5.11 Å². The van der Waals surface area contributed by atoms with Gasteiger partial charge in [-0.05, 0) is 36.2 Å². The SMILES string of the molecule is OCCCN(Cc1cccc(Cl)c1)Cc1ccccn1. The third-order valence-electron chi connectivity index (χ3n) is 3.04. The normalized spacial score (nSPS) is 10.9. The molecule has 0 fully saturated rings. The molecule has 0 atom stereocenters. The molecule has 1 aromatic carbocycles. The van der Waals surface area contributed by atoms with Crippen LogP contribution >= 0.6 is 11.6 Å². The maximum Gasteiger partial charge on any atom is 0.0544 e. The standard InChI is InChI=1S/C16H19ClN2O/c17-15-6-3-5-14(11-15)12-19(9-4-10-20)13-16-7-1-2-8-18-16/h1-3,5-8,11,20H,4,9-10,12-13H2. The minimum absolute atomic E-state index is 0.203. The number of hydrogen-bond donors (Lipinski definition) is 1. The summed E-state index contributed by atoms with van der Waals surface area (Å²) in [6.45, 7) is 2.61. The molecule has 3 nitrogen and oxygen atoms in total. The molecule has 0 aliphatic carbocycles. The maximum atomic E-state index is 9.03. The summed E-state index contributed by atoms with van der Waals surface area (Å²) in [4.78, 5) is 6.62. The molecule has 0 spiro atoms. The minimum Gasteiger partial charge on any atom is -0.396 e. The lowest BCUT2D eigenvalue weighted by Crippen LogP contribution is -2.25. The number of aliphatic hydroxyl groups excluding tert-OH is 1. The Labute approximate surface area is 124 Å². The molecule has 0 saturated carbocycles. The molecular formula is C16H19ClN2O. The molecule has 1 N–H and O–H groups in total. The molecule has 1 heterocycles. The number of halogens is 1. The maximum absolute atomic E-state index is 9.03. The highest BCUT2D eigenvalue weighted by molar-refractivity contribution is 6.30. The Kier molecular flexibility index (Phi) is 5.99. The summed E-state index contributed by atoms with van der Waals surface area (Å²) in [5.74, 6) is 0. The highest BCUT2D eigenvalue weighted by Gasteiger charge is 2.08. The Morgan fingerprint density at radius 1 is 1.10 bits per heavy atom. The van der Waals surface area contributed by atoms with Gasteiger partial charge in [0.05, 0.1) is 5.69 Å². The molecule has 2 aromatic rings. The van der Waals surface area contributed by atoms with Crippen LogP contribution in [0.25, 0.3) is 0 Å². The smallest absolute Gasteiger partial charge is 0.0544 e. The lowest BCUT2D eigenvalue weighted by molar-refractivity contribution is 0.211. The molecule has 0 bridgehead atoms. The Morgan fingerprint density at radius 3 is 2.70 bits per heavy atom. The second-order valence-electron chi connectivity index (χ2n) is 4.74. The van der Waals surface area contributed by atoms with E-state index in [1.807, 2.05) is 36.4 Å². The van der Waals surface area contributed by atoms with E-state index in [2.05, 4.69) is 16.0 Å². The molecule has 1 aromatic heterocycles. The van der Waals surface area contributed by atoms with Crippen LogP contribution in [0.15, 0.2) is 48.7 Å². The zero-order chi connectivity index (χ0) is 14.2. The monoisotopic (exact) mass is 290 g/mol. The van der Waals surface area contributed by atoms with Gasteiger partial charge in [0.2, 0.25) is 0 Å². The van der Waals surface area contributed by atoms with E-state index >= 15 is 0 Å². The number of hydrogen-bond acceptors (Lipinski definition) is 3. The average molecular weight is 291 g/mol. The summed E-state index contributed by atoms with van der Waals surface area (Å²) in [5, 5.41) is 9.78. The Bertz CT molecular complexity index is 519.